The van der Waals surface area contributed by atoms with Crippen molar-refractivity contribution in [2.75, 3.05) is 19.8 Å². The summed E-state index contributed by atoms with van der Waals surface area (Å²) in [6.07, 6.45) is 1.55. The van der Waals surface area contributed by atoms with Crippen LogP contribution in [0.4, 0.5) is 0 Å². The maximum Gasteiger partial charge on any atom is 0.306 e. The van der Waals surface area contributed by atoms with Gasteiger partial charge in [-0.25, -0.2) is 0 Å². The van der Waals surface area contributed by atoms with E-state index in [0.717, 1.165) is 50.1 Å². The van der Waals surface area contributed by atoms with Crippen LogP contribution in [0.5, 0.6) is 17.2 Å². The lowest BCUT2D eigenvalue weighted by Crippen LogP contribution is -2.26. The van der Waals surface area contributed by atoms with Gasteiger partial charge in [0.05, 0.1) is 5.92 Å². The third kappa shape index (κ3) is 13.3. The molecule has 0 aliphatic rings. The van der Waals surface area contributed by atoms with Crippen molar-refractivity contribution in [3.8, 4) is 17.2 Å². The molecule has 0 bridgehead atoms. The van der Waals surface area contributed by atoms with Gasteiger partial charge in [0, 0.05) is 19.3 Å². The van der Waals surface area contributed by atoms with Crippen LogP contribution >= 0.6 is 0 Å². The second-order valence-corrected chi connectivity index (χ2v) is 18.1. The van der Waals surface area contributed by atoms with Crippen molar-refractivity contribution in [2.24, 2.45) is 5.92 Å². The first kappa shape index (κ1) is 44.9. The molecule has 302 valence electrons. The van der Waals surface area contributed by atoms with Gasteiger partial charge in [-0.15, -0.1) is 0 Å². The van der Waals surface area contributed by atoms with E-state index in [1.807, 2.05) is 119 Å². The normalized spacial score (nSPS) is 12.2. The second kappa shape index (κ2) is 18.4. The number of hydrogen-bond acceptors (Lipinski definition) is 9. The van der Waals surface area contributed by atoms with Gasteiger partial charge >= 0.3 is 17.9 Å². The fraction of sp³-hybridized carbons (Fsp3) is 0.543. The number of phenolic OH excluding ortho intramolecular Hbond substituents is 3. The fourth-order valence-corrected chi connectivity index (χ4v) is 6.44. The Labute approximate surface area is 328 Å². The first-order valence-corrected chi connectivity index (χ1v) is 19.3. The highest BCUT2D eigenvalue weighted by Gasteiger charge is 2.24. The Bertz CT molecular complexity index is 1620. The summed E-state index contributed by atoms with van der Waals surface area (Å²) in [5.41, 5.74) is 6.56. The van der Waals surface area contributed by atoms with Crippen LogP contribution in [-0.2, 0) is 64.1 Å². The number of ether oxygens (including phenoxy) is 3. The summed E-state index contributed by atoms with van der Waals surface area (Å²) >= 11 is 0. The van der Waals surface area contributed by atoms with E-state index in [1.54, 1.807) is 0 Å². The Morgan fingerprint density at radius 3 is 0.927 bits per heavy atom. The summed E-state index contributed by atoms with van der Waals surface area (Å²) in [5, 5.41) is 31.7. The molecule has 0 radical (unpaired) electrons. The largest absolute Gasteiger partial charge is 0.507 e. The first-order chi connectivity index (χ1) is 25.4. The molecule has 0 atom stereocenters. The van der Waals surface area contributed by atoms with Gasteiger partial charge in [0.1, 0.15) is 37.1 Å². The molecule has 3 aromatic rings. The van der Waals surface area contributed by atoms with Crippen molar-refractivity contribution in [1.29, 1.82) is 0 Å². The molecule has 9 nitrogen and oxygen atoms in total. The highest BCUT2D eigenvalue weighted by Crippen LogP contribution is 2.36. The van der Waals surface area contributed by atoms with Crippen LogP contribution in [0.1, 0.15) is 132 Å². The Morgan fingerprint density at radius 2 is 0.709 bits per heavy atom. The maximum atomic E-state index is 12.9. The Hall–Kier alpha value is -4.53. The lowest BCUT2D eigenvalue weighted by atomic mass is 9.83. The number of rotatable bonds is 15. The Balaban J connectivity index is 1.65. The molecule has 55 heavy (non-hydrogen) atoms. The van der Waals surface area contributed by atoms with Crippen LogP contribution in [0, 0.1) is 26.7 Å². The first-order valence-electron chi connectivity index (χ1n) is 19.3. The topological polar surface area (TPSA) is 140 Å². The zero-order valence-corrected chi connectivity index (χ0v) is 35.2. The number of aromatic hydroxyl groups is 3. The van der Waals surface area contributed by atoms with Gasteiger partial charge in [0.25, 0.3) is 0 Å². The highest BCUT2D eigenvalue weighted by molar-refractivity contribution is 5.71. The van der Waals surface area contributed by atoms with Gasteiger partial charge in [0.2, 0.25) is 0 Å². The molecule has 3 N–H and O–H groups in total. The van der Waals surface area contributed by atoms with Crippen LogP contribution in [0.2, 0.25) is 0 Å². The number of esters is 3. The maximum absolute atomic E-state index is 12.9. The van der Waals surface area contributed by atoms with Crippen LogP contribution in [-0.4, -0.2) is 53.0 Å². The number of benzene rings is 3. The van der Waals surface area contributed by atoms with Crippen molar-refractivity contribution in [3.63, 3.8) is 0 Å². The SMILES string of the molecule is Cc1cc(CCC(=O)OCC(COC(=O)CCc2cc(C)c(O)c(C(C)(C)C)c2)COC(=O)CCc2cc(C)c(O)c(C(C)(C)C)c2)cc(C(C)(C)C)c1O. The van der Waals surface area contributed by atoms with Gasteiger partial charge in [-0.05, 0) is 106 Å². The van der Waals surface area contributed by atoms with Gasteiger partial charge in [-0.2, -0.15) is 0 Å². The zero-order valence-electron chi connectivity index (χ0n) is 35.2. The van der Waals surface area contributed by atoms with E-state index in [2.05, 4.69) is 0 Å². The van der Waals surface area contributed by atoms with E-state index in [1.165, 1.54) is 0 Å². The average Bonchev–Trinajstić information content (AvgIpc) is 3.07. The summed E-state index contributed by atoms with van der Waals surface area (Å²) < 4.78 is 16.9. The molecule has 0 saturated heterocycles. The number of phenols is 3. The molecule has 0 spiro atoms. The molecule has 9 heteroatoms. The third-order valence-electron chi connectivity index (χ3n) is 9.80. The summed E-state index contributed by atoms with van der Waals surface area (Å²) in [4.78, 5) is 38.8. The van der Waals surface area contributed by atoms with E-state index in [9.17, 15) is 29.7 Å². The lowest BCUT2D eigenvalue weighted by molar-refractivity contribution is -0.153. The molecule has 0 unspecified atom stereocenters. The molecule has 0 aliphatic carbocycles. The molecule has 0 aromatic heterocycles. The average molecular weight is 761 g/mol. The summed E-state index contributed by atoms with van der Waals surface area (Å²) in [6, 6.07) is 11.4. The van der Waals surface area contributed by atoms with Gasteiger partial charge < -0.3 is 29.5 Å². The third-order valence-corrected chi connectivity index (χ3v) is 9.80. The molecular weight excluding hydrogens is 696 g/mol. The van der Waals surface area contributed by atoms with E-state index in [-0.39, 0.29) is 72.6 Å². The molecular formula is C46H64O9. The molecule has 3 rings (SSSR count). The van der Waals surface area contributed by atoms with Crippen molar-refractivity contribution < 1.29 is 43.9 Å². The number of carbonyl (C=O) groups is 3. The molecule has 0 amide bonds. The minimum Gasteiger partial charge on any atom is -0.507 e. The monoisotopic (exact) mass is 760 g/mol. The van der Waals surface area contributed by atoms with Crippen LogP contribution < -0.4 is 0 Å². The van der Waals surface area contributed by atoms with Gasteiger partial charge in [-0.3, -0.25) is 14.4 Å². The fourth-order valence-electron chi connectivity index (χ4n) is 6.44. The second-order valence-electron chi connectivity index (χ2n) is 18.1. The number of hydrogen-bond donors (Lipinski definition) is 3. The quantitative estimate of drug-likeness (QED) is 0.102. The van der Waals surface area contributed by atoms with Crippen LogP contribution in [0.3, 0.4) is 0 Å². The number of aryl methyl sites for hydroxylation is 6. The van der Waals surface area contributed by atoms with Crippen LogP contribution in [0.15, 0.2) is 36.4 Å². The molecule has 0 saturated carbocycles. The van der Waals surface area contributed by atoms with Crippen molar-refractivity contribution in [1.82, 2.24) is 0 Å². The summed E-state index contributed by atoms with van der Waals surface area (Å²) in [6.45, 7) is 23.4. The predicted molar refractivity (Wildman–Crippen MR) is 216 cm³/mol. The minimum atomic E-state index is -0.591. The number of carbonyl (C=O) groups excluding carboxylic acids is 3. The standard InChI is InChI=1S/C46H64O9/c1-28-19-31(22-35(41(28)50)44(4,5)6)13-16-38(47)53-25-34(26-54-39(48)17-14-32-20-29(2)42(51)36(23-32)45(7,8)9)27-55-40(49)18-15-33-21-30(3)43(52)37(24-33)46(10,11)12/h19-24,34,50-52H,13-18,25-27H2,1-12H3. The summed E-state index contributed by atoms with van der Waals surface area (Å²) in [5.74, 6) is -1.16. The van der Waals surface area contributed by atoms with Gasteiger partial charge in [0.15, 0.2) is 0 Å². The van der Waals surface area contributed by atoms with Crippen molar-refractivity contribution in [3.05, 3.63) is 86.5 Å². The van der Waals surface area contributed by atoms with Crippen molar-refractivity contribution in [2.45, 2.75) is 138 Å². The summed E-state index contributed by atoms with van der Waals surface area (Å²) in [7, 11) is 0. The van der Waals surface area contributed by atoms with E-state index in [0.29, 0.717) is 19.3 Å². The smallest absolute Gasteiger partial charge is 0.306 e. The minimum absolute atomic E-state index is 0.102. The molecule has 3 aromatic carbocycles. The zero-order chi connectivity index (χ0) is 41.5. The van der Waals surface area contributed by atoms with Crippen LogP contribution in [0.25, 0.3) is 0 Å². The van der Waals surface area contributed by atoms with E-state index >= 15 is 0 Å². The van der Waals surface area contributed by atoms with Crippen molar-refractivity contribution >= 4 is 17.9 Å². The molecule has 0 aliphatic heterocycles. The van der Waals surface area contributed by atoms with Gasteiger partial charge in [-0.1, -0.05) is 98.7 Å². The predicted octanol–water partition coefficient (Wildman–Crippen LogP) is 9.07. The Morgan fingerprint density at radius 1 is 0.473 bits per heavy atom. The molecule has 0 fully saturated rings. The molecule has 0 heterocycles. The Kier molecular flexibility index (Phi) is 15.0. The van der Waals surface area contributed by atoms with E-state index in [4.69, 9.17) is 14.2 Å². The highest BCUT2D eigenvalue weighted by atomic mass is 16.6. The van der Waals surface area contributed by atoms with E-state index < -0.39 is 23.8 Å². The lowest BCUT2D eigenvalue weighted by Gasteiger charge is -2.23.